The van der Waals surface area contributed by atoms with Crippen LogP contribution < -0.4 is 5.73 Å². The molecule has 1 unspecified atom stereocenters. The van der Waals surface area contributed by atoms with Crippen LogP contribution in [0.1, 0.15) is 19.3 Å². The van der Waals surface area contributed by atoms with E-state index in [-0.39, 0.29) is 6.04 Å². The van der Waals surface area contributed by atoms with Crippen molar-refractivity contribution in [1.82, 2.24) is 4.90 Å². The molecule has 0 saturated heterocycles. The summed E-state index contributed by atoms with van der Waals surface area (Å²) in [5, 5.41) is 0. The van der Waals surface area contributed by atoms with Crippen LogP contribution in [0.25, 0.3) is 0 Å². The third-order valence-electron chi connectivity index (χ3n) is 2.51. The zero-order chi connectivity index (χ0) is 9.68. The fourth-order valence-corrected chi connectivity index (χ4v) is 1.58. The summed E-state index contributed by atoms with van der Waals surface area (Å²) in [6.45, 7) is 3.00. The number of nitrogens with zero attached hydrogens (tertiary/aromatic N) is 1. The third-order valence-corrected chi connectivity index (χ3v) is 2.51. The molecule has 0 radical (unpaired) electrons. The van der Waals surface area contributed by atoms with Crippen LogP contribution in [0, 0.1) is 5.92 Å². The minimum Gasteiger partial charge on any atom is -0.385 e. The van der Waals surface area contributed by atoms with Gasteiger partial charge in [0.15, 0.2) is 0 Å². The van der Waals surface area contributed by atoms with Gasteiger partial charge in [0.25, 0.3) is 0 Å². The predicted molar refractivity (Wildman–Crippen MR) is 54.7 cm³/mol. The molecule has 1 saturated carbocycles. The first kappa shape index (κ1) is 11.0. The summed E-state index contributed by atoms with van der Waals surface area (Å²) in [4.78, 5) is 2.35. The Labute approximate surface area is 81.2 Å². The maximum atomic E-state index is 5.94. The summed E-state index contributed by atoms with van der Waals surface area (Å²) >= 11 is 0. The van der Waals surface area contributed by atoms with E-state index in [1.165, 1.54) is 19.4 Å². The molecule has 1 atom stereocenters. The van der Waals surface area contributed by atoms with Gasteiger partial charge >= 0.3 is 0 Å². The molecule has 1 rings (SSSR count). The van der Waals surface area contributed by atoms with Gasteiger partial charge in [0.1, 0.15) is 0 Å². The highest BCUT2D eigenvalue weighted by molar-refractivity contribution is 4.77. The molecule has 0 aromatic rings. The van der Waals surface area contributed by atoms with E-state index in [4.69, 9.17) is 10.5 Å². The molecule has 1 aliphatic carbocycles. The summed E-state index contributed by atoms with van der Waals surface area (Å²) in [5.41, 5.74) is 5.94. The minimum atomic E-state index is 0.267. The monoisotopic (exact) mass is 186 g/mol. The zero-order valence-electron chi connectivity index (χ0n) is 8.83. The average Bonchev–Trinajstić information content (AvgIpc) is 2.84. The lowest BCUT2D eigenvalue weighted by molar-refractivity contribution is 0.179. The van der Waals surface area contributed by atoms with Gasteiger partial charge in [-0.05, 0) is 32.2 Å². The van der Waals surface area contributed by atoms with E-state index >= 15 is 0 Å². The first-order valence-electron chi connectivity index (χ1n) is 5.15. The van der Waals surface area contributed by atoms with Crippen molar-refractivity contribution in [1.29, 1.82) is 0 Å². The highest BCUT2D eigenvalue weighted by Crippen LogP contribution is 2.29. The number of rotatable bonds is 7. The molecule has 0 bridgehead atoms. The van der Waals surface area contributed by atoms with Crippen LogP contribution in [-0.2, 0) is 4.74 Å². The fourth-order valence-electron chi connectivity index (χ4n) is 1.58. The van der Waals surface area contributed by atoms with Gasteiger partial charge < -0.3 is 15.4 Å². The molecule has 0 amide bonds. The molecule has 78 valence electrons. The van der Waals surface area contributed by atoms with Crippen molar-refractivity contribution in [3.63, 3.8) is 0 Å². The van der Waals surface area contributed by atoms with Crippen LogP contribution >= 0.6 is 0 Å². The Balaban J connectivity index is 1.99. The van der Waals surface area contributed by atoms with Gasteiger partial charge in [0.05, 0.1) is 0 Å². The summed E-state index contributed by atoms with van der Waals surface area (Å²) in [6.07, 6.45) is 3.79. The molecule has 0 aliphatic heterocycles. The second-order valence-corrected chi connectivity index (χ2v) is 4.21. The van der Waals surface area contributed by atoms with Crippen molar-refractivity contribution in [3.8, 4) is 0 Å². The maximum Gasteiger partial charge on any atom is 0.0477 e. The lowest BCUT2D eigenvalue weighted by Gasteiger charge is -2.20. The Morgan fingerprint density at radius 2 is 2.23 bits per heavy atom. The average molecular weight is 186 g/mol. The molecule has 13 heavy (non-hydrogen) atoms. The molecular formula is C10H22N2O. The highest BCUT2D eigenvalue weighted by atomic mass is 16.5. The van der Waals surface area contributed by atoms with E-state index in [0.29, 0.717) is 0 Å². The number of nitrogens with two attached hydrogens (primary N) is 1. The van der Waals surface area contributed by atoms with Gasteiger partial charge in [-0.25, -0.2) is 0 Å². The molecule has 1 fully saturated rings. The highest BCUT2D eigenvalue weighted by Gasteiger charge is 2.23. The van der Waals surface area contributed by atoms with Crippen LogP contribution in [-0.4, -0.2) is 44.8 Å². The number of hydrogen-bond donors (Lipinski definition) is 1. The summed E-state index contributed by atoms with van der Waals surface area (Å²) in [6, 6.07) is 0.267. The second-order valence-electron chi connectivity index (χ2n) is 4.21. The van der Waals surface area contributed by atoms with Crippen LogP contribution in [0.3, 0.4) is 0 Å². The zero-order valence-corrected chi connectivity index (χ0v) is 8.83. The minimum absolute atomic E-state index is 0.267. The van der Waals surface area contributed by atoms with Gasteiger partial charge in [-0.1, -0.05) is 0 Å². The first-order chi connectivity index (χ1) is 6.22. The molecule has 1 aliphatic rings. The molecule has 3 heteroatoms. The molecule has 2 N–H and O–H groups in total. The summed E-state index contributed by atoms with van der Waals surface area (Å²) in [5.74, 6) is 0.958. The third kappa shape index (κ3) is 5.24. The molecule has 0 aromatic carbocycles. The van der Waals surface area contributed by atoms with E-state index in [2.05, 4.69) is 11.9 Å². The first-order valence-corrected chi connectivity index (χ1v) is 5.15. The van der Waals surface area contributed by atoms with Gasteiger partial charge in [-0.2, -0.15) is 0 Å². The SMILES string of the molecule is COCCC(N)CN(C)CC1CC1. The number of ether oxygens (including phenoxy) is 1. The number of likely N-dealkylation sites (N-methyl/N-ethyl adjacent to an activating group) is 1. The van der Waals surface area contributed by atoms with E-state index in [9.17, 15) is 0 Å². The Morgan fingerprint density at radius 1 is 1.54 bits per heavy atom. The maximum absolute atomic E-state index is 5.94. The van der Waals surface area contributed by atoms with Crippen molar-refractivity contribution < 1.29 is 4.74 Å². The van der Waals surface area contributed by atoms with E-state index in [0.717, 1.165) is 25.5 Å². The van der Waals surface area contributed by atoms with Crippen LogP contribution in [0.15, 0.2) is 0 Å². The second kappa shape index (κ2) is 5.58. The smallest absolute Gasteiger partial charge is 0.0477 e. The Bertz CT molecular complexity index is 137. The normalized spacial score (nSPS) is 19.4. The van der Waals surface area contributed by atoms with Gasteiger partial charge in [-0.15, -0.1) is 0 Å². The predicted octanol–water partition coefficient (Wildman–Crippen LogP) is 0.692. The Morgan fingerprint density at radius 3 is 2.77 bits per heavy atom. The van der Waals surface area contributed by atoms with E-state index in [1.54, 1.807) is 7.11 Å². The standard InChI is InChI=1S/C10H22N2O/c1-12(7-9-3-4-9)8-10(11)5-6-13-2/h9-10H,3-8,11H2,1-2H3. The van der Waals surface area contributed by atoms with Crippen LogP contribution in [0.5, 0.6) is 0 Å². The van der Waals surface area contributed by atoms with Gasteiger partial charge in [0, 0.05) is 32.8 Å². The molecular weight excluding hydrogens is 164 g/mol. The summed E-state index contributed by atoms with van der Waals surface area (Å²) in [7, 11) is 3.88. The van der Waals surface area contributed by atoms with Gasteiger partial charge in [0.2, 0.25) is 0 Å². The molecule has 0 aromatic heterocycles. The fraction of sp³-hybridized carbons (Fsp3) is 1.00. The Kier molecular flexibility index (Phi) is 4.70. The van der Waals surface area contributed by atoms with Crippen LogP contribution in [0.4, 0.5) is 0 Å². The van der Waals surface area contributed by atoms with Crippen LogP contribution in [0.2, 0.25) is 0 Å². The summed E-state index contributed by atoms with van der Waals surface area (Å²) < 4.78 is 4.99. The number of methoxy groups -OCH3 is 1. The van der Waals surface area contributed by atoms with Crippen molar-refractivity contribution in [2.75, 3.05) is 33.9 Å². The number of hydrogen-bond acceptors (Lipinski definition) is 3. The lowest BCUT2D eigenvalue weighted by atomic mass is 10.2. The van der Waals surface area contributed by atoms with Crippen molar-refractivity contribution >= 4 is 0 Å². The molecule has 3 nitrogen and oxygen atoms in total. The lowest BCUT2D eigenvalue weighted by Crippen LogP contribution is -2.36. The molecule has 0 heterocycles. The van der Waals surface area contributed by atoms with Crippen molar-refractivity contribution in [2.24, 2.45) is 11.7 Å². The van der Waals surface area contributed by atoms with Crippen molar-refractivity contribution in [2.45, 2.75) is 25.3 Å². The van der Waals surface area contributed by atoms with Crippen molar-refractivity contribution in [3.05, 3.63) is 0 Å². The van der Waals surface area contributed by atoms with Gasteiger partial charge in [-0.3, -0.25) is 0 Å². The Hall–Kier alpha value is -0.120. The quantitative estimate of drug-likeness (QED) is 0.636. The van der Waals surface area contributed by atoms with E-state index in [1.807, 2.05) is 0 Å². The largest absolute Gasteiger partial charge is 0.385 e. The van der Waals surface area contributed by atoms with E-state index < -0.39 is 0 Å². The topological polar surface area (TPSA) is 38.5 Å². The molecule has 0 spiro atoms.